The predicted molar refractivity (Wildman–Crippen MR) is 74.2 cm³/mol. The first-order valence-corrected chi connectivity index (χ1v) is 6.38. The van der Waals surface area contributed by atoms with E-state index in [0.29, 0.717) is 31.7 Å². The predicted octanol–water partition coefficient (Wildman–Crippen LogP) is -0.782. The number of carbonyl (C=O) groups is 1. The maximum atomic E-state index is 11.7. The SMILES string of the molecule is CC(C)C[C@@H](N)C(=O)N[C@@H]([C]=O)CCCNC(=N)N. The number of nitrogens with one attached hydrogen (secondary N) is 3. The van der Waals surface area contributed by atoms with Crippen LogP contribution in [0.2, 0.25) is 0 Å². The number of hydrogen-bond acceptors (Lipinski definition) is 4. The Morgan fingerprint density at radius 2 is 2.05 bits per heavy atom. The molecule has 0 aliphatic rings. The molecule has 0 heterocycles. The van der Waals surface area contributed by atoms with Crippen molar-refractivity contribution in [3.05, 3.63) is 0 Å². The van der Waals surface area contributed by atoms with Crippen LogP contribution in [0.4, 0.5) is 0 Å². The molecule has 0 aliphatic heterocycles. The van der Waals surface area contributed by atoms with Gasteiger partial charge in [0.05, 0.1) is 12.1 Å². The molecule has 0 unspecified atom stereocenters. The summed E-state index contributed by atoms with van der Waals surface area (Å²) in [7, 11) is 0. The largest absolute Gasteiger partial charge is 0.370 e. The monoisotopic (exact) mass is 270 g/mol. The molecule has 7 heteroatoms. The quantitative estimate of drug-likeness (QED) is 0.213. The van der Waals surface area contributed by atoms with Crippen LogP contribution in [-0.4, -0.2) is 36.8 Å². The van der Waals surface area contributed by atoms with Crippen molar-refractivity contribution in [2.45, 2.75) is 45.2 Å². The summed E-state index contributed by atoms with van der Waals surface area (Å²) >= 11 is 0. The van der Waals surface area contributed by atoms with Gasteiger partial charge in [0, 0.05) is 6.54 Å². The Kier molecular flexibility index (Phi) is 8.52. The highest BCUT2D eigenvalue weighted by Crippen LogP contribution is 2.03. The normalized spacial score (nSPS) is 13.7. The van der Waals surface area contributed by atoms with Gasteiger partial charge in [-0.15, -0.1) is 0 Å². The summed E-state index contributed by atoms with van der Waals surface area (Å²) in [6, 6.07) is -1.27. The van der Waals surface area contributed by atoms with Gasteiger partial charge in [0.25, 0.3) is 0 Å². The molecule has 0 spiro atoms. The van der Waals surface area contributed by atoms with Crippen molar-refractivity contribution in [3.8, 4) is 0 Å². The van der Waals surface area contributed by atoms with Gasteiger partial charge in [-0.05, 0) is 25.2 Å². The van der Waals surface area contributed by atoms with Crippen LogP contribution in [-0.2, 0) is 9.59 Å². The Labute approximate surface area is 114 Å². The minimum atomic E-state index is -0.667. The third kappa shape index (κ3) is 9.01. The number of guanidine groups is 1. The lowest BCUT2D eigenvalue weighted by atomic mass is 10.0. The second-order valence-electron chi connectivity index (χ2n) is 4.90. The Bertz CT molecular complexity index is 306. The second kappa shape index (κ2) is 9.32. The van der Waals surface area contributed by atoms with Crippen molar-refractivity contribution in [1.29, 1.82) is 5.41 Å². The second-order valence-corrected chi connectivity index (χ2v) is 4.90. The summed E-state index contributed by atoms with van der Waals surface area (Å²) in [6.07, 6.45) is 3.38. The average Bonchev–Trinajstić information content (AvgIpc) is 2.31. The molecule has 1 radical (unpaired) electrons. The van der Waals surface area contributed by atoms with Crippen molar-refractivity contribution in [2.24, 2.45) is 17.4 Å². The molecule has 0 saturated heterocycles. The van der Waals surface area contributed by atoms with E-state index in [0.717, 1.165) is 0 Å². The highest BCUT2D eigenvalue weighted by atomic mass is 16.2. The van der Waals surface area contributed by atoms with Crippen molar-refractivity contribution in [1.82, 2.24) is 10.6 Å². The number of hydrogen-bond donors (Lipinski definition) is 5. The third-order valence-electron chi connectivity index (χ3n) is 2.51. The minimum Gasteiger partial charge on any atom is -0.370 e. The smallest absolute Gasteiger partial charge is 0.237 e. The highest BCUT2D eigenvalue weighted by molar-refractivity contribution is 5.84. The standard InChI is InChI=1S/C12H24N5O2/c1-8(2)6-10(13)11(19)17-9(7-18)4-3-5-16-12(14)15/h8-10H,3-6,13H2,1-2H3,(H,17,19)(H4,14,15,16)/t9-,10-/m1/s1. The van der Waals surface area contributed by atoms with Crippen LogP contribution in [0, 0.1) is 11.3 Å². The summed E-state index contributed by atoms with van der Waals surface area (Å²) in [5.74, 6) is -0.129. The van der Waals surface area contributed by atoms with Gasteiger partial charge in [-0.25, -0.2) is 0 Å². The van der Waals surface area contributed by atoms with Crippen LogP contribution < -0.4 is 22.1 Å². The Morgan fingerprint density at radius 3 is 2.53 bits per heavy atom. The minimum absolute atomic E-state index is 0.116. The zero-order valence-corrected chi connectivity index (χ0v) is 11.5. The van der Waals surface area contributed by atoms with E-state index in [2.05, 4.69) is 10.6 Å². The molecule has 19 heavy (non-hydrogen) atoms. The summed E-state index contributed by atoms with van der Waals surface area (Å²) in [6.45, 7) is 4.43. The molecule has 0 aliphatic carbocycles. The molecule has 0 bridgehead atoms. The number of nitrogens with two attached hydrogens (primary N) is 2. The first kappa shape index (κ1) is 17.4. The molecule has 0 rings (SSSR count). The lowest BCUT2D eigenvalue weighted by Crippen LogP contribution is -2.46. The summed E-state index contributed by atoms with van der Waals surface area (Å²) in [4.78, 5) is 22.4. The van der Waals surface area contributed by atoms with Crippen LogP contribution in [0.15, 0.2) is 0 Å². The third-order valence-corrected chi connectivity index (χ3v) is 2.51. The maximum Gasteiger partial charge on any atom is 0.237 e. The molecule has 0 aromatic carbocycles. The molecule has 0 aromatic rings. The molecular formula is C12H24N5O2. The van der Waals surface area contributed by atoms with E-state index in [-0.39, 0.29) is 11.9 Å². The van der Waals surface area contributed by atoms with Gasteiger partial charge in [-0.2, -0.15) is 0 Å². The van der Waals surface area contributed by atoms with Crippen LogP contribution in [0.3, 0.4) is 0 Å². The number of carbonyl (C=O) groups excluding carboxylic acids is 2. The van der Waals surface area contributed by atoms with Gasteiger partial charge < -0.3 is 22.1 Å². The Balaban J connectivity index is 4.00. The lowest BCUT2D eigenvalue weighted by Gasteiger charge is -2.17. The molecule has 0 saturated carbocycles. The van der Waals surface area contributed by atoms with Crippen molar-refractivity contribution < 1.29 is 9.59 Å². The topological polar surface area (TPSA) is 134 Å². The molecule has 0 fully saturated rings. The molecule has 7 N–H and O–H groups in total. The van der Waals surface area contributed by atoms with E-state index >= 15 is 0 Å². The van der Waals surface area contributed by atoms with Crippen LogP contribution in [0.1, 0.15) is 33.1 Å². The Hall–Kier alpha value is -1.63. The maximum absolute atomic E-state index is 11.7. The van der Waals surface area contributed by atoms with Gasteiger partial charge in [-0.3, -0.25) is 15.0 Å². The summed E-state index contributed by atoms with van der Waals surface area (Å²) in [5, 5.41) is 12.1. The van der Waals surface area contributed by atoms with Crippen LogP contribution in [0.5, 0.6) is 0 Å². The van der Waals surface area contributed by atoms with E-state index in [1.54, 1.807) is 6.29 Å². The van der Waals surface area contributed by atoms with E-state index in [1.807, 2.05) is 13.8 Å². The molecular weight excluding hydrogens is 246 g/mol. The van der Waals surface area contributed by atoms with Gasteiger partial charge in [0.15, 0.2) is 5.96 Å². The molecule has 2 atom stereocenters. The number of amides is 1. The van der Waals surface area contributed by atoms with Gasteiger partial charge >= 0.3 is 0 Å². The average molecular weight is 270 g/mol. The molecule has 0 aromatic heterocycles. The van der Waals surface area contributed by atoms with E-state index < -0.39 is 12.1 Å². The van der Waals surface area contributed by atoms with Crippen LogP contribution >= 0.6 is 0 Å². The van der Waals surface area contributed by atoms with Crippen molar-refractivity contribution >= 4 is 18.2 Å². The lowest BCUT2D eigenvalue weighted by molar-refractivity contribution is -0.123. The molecule has 109 valence electrons. The highest BCUT2D eigenvalue weighted by Gasteiger charge is 2.18. The van der Waals surface area contributed by atoms with E-state index in [9.17, 15) is 9.59 Å². The summed E-state index contributed by atoms with van der Waals surface area (Å²) in [5.41, 5.74) is 10.8. The number of rotatable bonds is 9. The first-order valence-electron chi connectivity index (χ1n) is 6.38. The molecule has 1 amide bonds. The van der Waals surface area contributed by atoms with E-state index in [4.69, 9.17) is 16.9 Å². The Morgan fingerprint density at radius 1 is 1.42 bits per heavy atom. The first-order chi connectivity index (χ1) is 8.86. The van der Waals surface area contributed by atoms with Crippen molar-refractivity contribution in [2.75, 3.05) is 6.54 Å². The van der Waals surface area contributed by atoms with Gasteiger partial charge in [-0.1, -0.05) is 13.8 Å². The van der Waals surface area contributed by atoms with E-state index in [1.165, 1.54) is 0 Å². The zero-order chi connectivity index (χ0) is 14.8. The fourth-order valence-corrected chi connectivity index (χ4v) is 1.58. The van der Waals surface area contributed by atoms with Gasteiger partial charge in [0.2, 0.25) is 12.2 Å². The fourth-order valence-electron chi connectivity index (χ4n) is 1.58. The fraction of sp³-hybridized carbons (Fsp3) is 0.750. The van der Waals surface area contributed by atoms with Crippen molar-refractivity contribution in [3.63, 3.8) is 0 Å². The summed E-state index contributed by atoms with van der Waals surface area (Å²) < 4.78 is 0. The van der Waals surface area contributed by atoms with Crippen LogP contribution in [0.25, 0.3) is 0 Å². The molecule has 7 nitrogen and oxygen atoms in total. The zero-order valence-electron chi connectivity index (χ0n) is 11.5. The van der Waals surface area contributed by atoms with Gasteiger partial charge in [0.1, 0.15) is 0 Å².